The van der Waals surface area contributed by atoms with E-state index < -0.39 is 0 Å². The highest BCUT2D eigenvalue weighted by atomic mass is 32.1. The van der Waals surface area contributed by atoms with Crippen LogP contribution in [-0.4, -0.2) is 11.8 Å². The van der Waals surface area contributed by atoms with Gasteiger partial charge in [0, 0.05) is 12.0 Å². The van der Waals surface area contributed by atoms with E-state index in [1.807, 2.05) is 13.8 Å². The second-order valence-corrected chi connectivity index (χ2v) is 5.97. The van der Waals surface area contributed by atoms with Crippen LogP contribution in [0.4, 0.5) is 10.7 Å². The van der Waals surface area contributed by atoms with Crippen LogP contribution in [0.1, 0.15) is 48.3 Å². The molecule has 1 aliphatic carbocycles. The molecule has 0 aromatic carbocycles. The van der Waals surface area contributed by atoms with Crippen LogP contribution in [0.5, 0.6) is 0 Å². The average molecular weight is 263 g/mol. The lowest BCUT2D eigenvalue weighted by atomic mass is 9.93. The molecule has 0 aliphatic heterocycles. The van der Waals surface area contributed by atoms with Gasteiger partial charge in [0.05, 0.1) is 10.6 Å². The van der Waals surface area contributed by atoms with Gasteiger partial charge in [0.2, 0.25) is 0 Å². The molecular formula is C13H17N3OS. The predicted octanol–water partition coefficient (Wildman–Crippen LogP) is 3.01. The Bertz CT molecular complexity index is 509. The van der Waals surface area contributed by atoms with Gasteiger partial charge in [-0.15, -0.1) is 11.3 Å². The highest BCUT2D eigenvalue weighted by Gasteiger charge is 2.25. The third-order valence-corrected chi connectivity index (χ3v) is 4.40. The van der Waals surface area contributed by atoms with E-state index >= 15 is 0 Å². The SMILES string of the molecule is CC(C)C(=O)c1sc(NC2CCC2)c(C#N)c1N. The van der Waals surface area contributed by atoms with Gasteiger partial charge >= 0.3 is 0 Å². The minimum absolute atomic E-state index is 0.00987. The van der Waals surface area contributed by atoms with E-state index in [1.165, 1.54) is 17.8 Å². The fourth-order valence-corrected chi connectivity index (χ4v) is 3.08. The zero-order chi connectivity index (χ0) is 13.3. The van der Waals surface area contributed by atoms with Gasteiger partial charge in [-0.1, -0.05) is 13.8 Å². The van der Waals surface area contributed by atoms with Crippen molar-refractivity contribution < 1.29 is 4.79 Å². The van der Waals surface area contributed by atoms with Gasteiger partial charge < -0.3 is 11.1 Å². The fraction of sp³-hybridized carbons (Fsp3) is 0.538. The molecule has 0 spiro atoms. The van der Waals surface area contributed by atoms with Crippen molar-refractivity contribution in [3.63, 3.8) is 0 Å². The Morgan fingerprint density at radius 3 is 2.67 bits per heavy atom. The molecule has 1 aliphatic rings. The summed E-state index contributed by atoms with van der Waals surface area (Å²) in [6.45, 7) is 3.68. The molecule has 0 bridgehead atoms. The van der Waals surface area contributed by atoms with Crippen molar-refractivity contribution in [3.05, 3.63) is 10.4 Å². The van der Waals surface area contributed by atoms with Gasteiger partial charge in [-0.3, -0.25) is 4.79 Å². The minimum Gasteiger partial charge on any atom is -0.396 e. The summed E-state index contributed by atoms with van der Waals surface area (Å²) < 4.78 is 0. The lowest BCUT2D eigenvalue weighted by Gasteiger charge is -2.26. The van der Waals surface area contributed by atoms with Crippen molar-refractivity contribution in [2.45, 2.75) is 39.2 Å². The number of carbonyl (C=O) groups excluding carboxylic acids is 1. The number of thiophene rings is 1. The average Bonchev–Trinajstić information content (AvgIpc) is 2.59. The molecule has 4 nitrogen and oxygen atoms in total. The molecule has 0 saturated heterocycles. The molecule has 1 aromatic heterocycles. The minimum atomic E-state index is -0.103. The molecule has 1 aromatic rings. The van der Waals surface area contributed by atoms with Crippen molar-refractivity contribution in [3.8, 4) is 6.07 Å². The Morgan fingerprint density at radius 1 is 1.56 bits per heavy atom. The van der Waals surface area contributed by atoms with Crippen LogP contribution >= 0.6 is 11.3 Å². The number of nitrogens with zero attached hydrogens (tertiary/aromatic N) is 1. The maximum atomic E-state index is 12.0. The Hall–Kier alpha value is -1.54. The highest BCUT2D eigenvalue weighted by Crippen LogP contribution is 2.38. The summed E-state index contributed by atoms with van der Waals surface area (Å²) >= 11 is 1.32. The number of rotatable bonds is 4. The number of hydrogen-bond donors (Lipinski definition) is 2. The molecule has 1 heterocycles. The van der Waals surface area contributed by atoms with Gasteiger partial charge in [0.15, 0.2) is 5.78 Å². The number of ketones is 1. The van der Waals surface area contributed by atoms with Gasteiger partial charge in [-0.25, -0.2) is 0 Å². The lowest BCUT2D eigenvalue weighted by molar-refractivity contribution is 0.0944. The van der Waals surface area contributed by atoms with Crippen LogP contribution in [0.2, 0.25) is 0 Å². The number of hydrogen-bond acceptors (Lipinski definition) is 5. The Morgan fingerprint density at radius 2 is 2.22 bits per heavy atom. The molecule has 3 N–H and O–H groups in total. The summed E-state index contributed by atoms with van der Waals surface area (Å²) in [6, 6.07) is 2.53. The van der Waals surface area contributed by atoms with Crippen LogP contribution in [0.25, 0.3) is 0 Å². The summed E-state index contributed by atoms with van der Waals surface area (Å²) in [5.41, 5.74) is 6.68. The van der Waals surface area contributed by atoms with Crippen molar-refractivity contribution in [1.82, 2.24) is 0 Å². The van der Waals surface area contributed by atoms with Crippen molar-refractivity contribution in [1.29, 1.82) is 5.26 Å². The van der Waals surface area contributed by atoms with Gasteiger partial charge in [0.25, 0.3) is 0 Å². The second-order valence-electron chi connectivity index (χ2n) is 4.95. The van der Waals surface area contributed by atoms with Gasteiger partial charge in [-0.05, 0) is 19.3 Å². The lowest BCUT2D eigenvalue weighted by Crippen LogP contribution is -2.26. The smallest absolute Gasteiger partial charge is 0.177 e. The van der Waals surface area contributed by atoms with E-state index in [2.05, 4.69) is 11.4 Å². The Kier molecular flexibility index (Phi) is 3.58. The van der Waals surface area contributed by atoms with E-state index in [0.29, 0.717) is 22.2 Å². The maximum Gasteiger partial charge on any atom is 0.177 e. The molecule has 0 radical (unpaired) electrons. The van der Waals surface area contributed by atoms with E-state index in [-0.39, 0.29) is 11.7 Å². The molecule has 2 rings (SSSR count). The highest BCUT2D eigenvalue weighted by molar-refractivity contribution is 7.19. The first-order chi connectivity index (χ1) is 8.54. The zero-order valence-corrected chi connectivity index (χ0v) is 11.4. The monoisotopic (exact) mass is 263 g/mol. The van der Waals surface area contributed by atoms with E-state index in [4.69, 9.17) is 11.0 Å². The van der Waals surface area contributed by atoms with Crippen LogP contribution in [0.15, 0.2) is 0 Å². The molecule has 0 atom stereocenters. The summed E-state index contributed by atoms with van der Waals surface area (Å²) in [4.78, 5) is 12.5. The zero-order valence-electron chi connectivity index (χ0n) is 10.6. The number of nitrogens with one attached hydrogen (secondary N) is 1. The number of anilines is 2. The van der Waals surface area contributed by atoms with E-state index in [9.17, 15) is 4.79 Å². The third-order valence-electron chi connectivity index (χ3n) is 3.25. The van der Waals surface area contributed by atoms with Gasteiger partial charge in [-0.2, -0.15) is 5.26 Å². The number of Topliss-reactive ketones (excluding diaryl/α,β-unsaturated/α-hetero) is 1. The standard InChI is InChI=1S/C13H17N3OS/c1-7(2)11(17)12-10(15)9(6-14)13(18-12)16-8-4-3-5-8/h7-8,16H,3-5,15H2,1-2H3. The molecule has 1 saturated carbocycles. The van der Waals surface area contributed by atoms with E-state index in [0.717, 1.165) is 17.8 Å². The quantitative estimate of drug-likeness (QED) is 0.818. The van der Waals surface area contributed by atoms with Crippen LogP contribution in [0.3, 0.4) is 0 Å². The topological polar surface area (TPSA) is 78.9 Å². The van der Waals surface area contributed by atoms with Crippen LogP contribution < -0.4 is 11.1 Å². The third kappa shape index (κ3) is 2.21. The Labute approximate surface area is 111 Å². The normalized spacial score (nSPS) is 15.2. The molecule has 96 valence electrons. The first kappa shape index (κ1) is 12.9. The first-order valence-corrected chi connectivity index (χ1v) is 6.99. The first-order valence-electron chi connectivity index (χ1n) is 6.17. The summed E-state index contributed by atoms with van der Waals surface area (Å²) in [6.07, 6.45) is 3.46. The van der Waals surface area contributed by atoms with Crippen molar-refractivity contribution in [2.24, 2.45) is 5.92 Å². The predicted molar refractivity (Wildman–Crippen MR) is 73.9 cm³/mol. The largest absolute Gasteiger partial charge is 0.396 e. The number of nitriles is 1. The number of nitrogens with two attached hydrogens (primary N) is 1. The van der Waals surface area contributed by atoms with Crippen LogP contribution in [0, 0.1) is 17.2 Å². The fourth-order valence-electron chi connectivity index (χ4n) is 1.84. The molecule has 1 fully saturated rings. The van der Waals surface area contributed by atoms with Gasteiger partial charge in [0.1, 0.15) is 16.6 Å². The molecule has 18 heavy (non-hydrogen) atoms. The summed E-state index contributed by atoms with van der Waals surface area (Å²) in [5, 5.41) is 13.2. The van der Waals surface area contributed by atoms with Crippen molar-refractivity contribution >= 4 is 27.8 Å². The molecular weight excluding hydrogens is 246 g/mol. The summed E-state index contributed by atoms with van der Waals surface area (Å²) in [5.74, 6) is -0.0929. The number of carbonyl (C=O) groups is 1. The maximum absolute atomic E-state index is 12.0. The molecule has 0 amide bonds. The van der Waals surface area contributed by atoms with Crippen LogP contribution in [-0.2, 0) is 0 Å². The summed E-state index contributed by atoms with van der Waals surface area (Å²) in [7, 11) is 0. The van der Waals surface area contributed by atoms with E-state index in [1.54, 1.807) is 0 Å². The Balaban J connectivity index is 2.32. The van der Waals surface area contributed by atoms with Crippen molar-refractivity contribution in [2.75, 3.05) is 11.1 Å². The number of nitrogen functional groups attached to an aromatic ring is 1. The molecule has 0 unspecified atom stereocenters. The second kappa shape index (κ2) is 4.99. The molecule has 5 heteroatoms.